The van der Waals surface area contributed by atoms with Gasteiger partial charge in [-0.15, -0.1) is 11.3 Å². The summed E-state index contributed by atoms with van der Waals surface area (Å²) in [5.74, 6) is 0.00213. The van der Waals surface area contributed by atoms with Crippen LogP contribution in [0.1, 0.15) is 82.7 Å². The van der Waals surface area contributed by atoms with Gasteiger partial charge in [0, 0.05) is 79.1 Å². The molecule has 8 nitrogen and oxygen atoms in total. The standard InChI is InChI=1S/C36H47N5O3S/c1-7-40-31-14-13-26(30-23-45-32(39-30)20-24(2)35(43)41-18-9-8-17-38-41)21-28(31)29(22-36(4,5)15-11-19-42)34(40)27-12-10-16-37-33(27)25(3)44-6/h10,12-14,16,19,21,23-25,38H,7-9,11,15,17-18,20,22H2,1-6H3. The van der Waals surface area contributed by atoms with E-state index in [1.807, 2.05) is 26.1 Å². The van der Waals surface area contributed by atoms with Gasteiger partial charge in [0.2, 0.25) is 5.91 Å². The van der Waals surface area contributed by atoms with Gasteiger partial charge in [0.1, 0.15) is 6.29 Å². The molecule has 9 heteroatoms. The van der Waals surface area contributed by atoms with Crippen molar-refractivity contribution >= 4 is 34.4 Å². The summed E-state index contributed by atoms with van der Waals surface area (Å²) in [5.41, 5.74) is 10.7. The molecule has 0 bridgehead atoms. The highest BCUT2D eigenvalue weighted by molar-refractivity contribution is 7.10. The van der Waals surface area contributed by atoms with E-state index < -0.39 is 0 Å². The van der Waals surface area contributed by atoms with E-state index in [0.29, 0.717) is 12.8 Å². The van der Waals surface area contributed by atoms with E-state index in [0.717, 1.165) is 84.8 Å². The molecule has 0 saturated carbocycles. The van der Waals surface area contributed by atoms with Crippen LogP contribution in [-0.4, -0.2) is 51.9 Å². The van der Waals surface area contributed by atoms with Crippen molar-refractivity contribution in [1.29, 1.82) is 0 Å². The van der Waals surface area contributed by atoms with Gasteiger partial charge in [0.25, 0.3) is 0 Å². The molecule has 0 spiro atoms. The first-order valence-corrected chi connectivity index (χ1v) is 17.1. The van der Waals surface area contributed by atoms with Crippen molar-refractivity contribution in [3.05, 3.63) is 58.2 Å². The molecule has 1 aromatic carbocycles. The first-order chi connectivity index (χ1) is 21.7. The molecule has 5 rings (SSSR count). The summed E-state index contributed by atoms with van der Waals surface area (Å²) in [7, 11) is 1.72. The highest BCUT2D eigenvalue weighted by Crippen LogP contribution is 2.42. The zero-order valence-electron chi connectivity index (χ0n) is 27.6. The number of rotatable bonds is 13. The Morgan fingerprint density at radius 1 is 1.22 bits per heavy atom. The van der Waals surface area contributed by atoms with Crippen molar-refractivity contribution in [2.75, 3.05) is 20.2 Å². The van der Waals surface area contributed by atoms with E-state index >= 15 is 0 Å². The summed E-state index contributed by atoms with van der Waals surface area (Å²) in [5, 5.41) is 6.06. The number of aromatic nitrogens is 3. The fourth-order valence-corrected chi connectivity index (χ4v) is 7.43. The minimum absolute atomic E-state index is 0.0898. The molecule has 1 amide bonds. The molecule has 1 saturated heterocycles. The lowest BCUT2D eigenvalue weighted by Gasteiger charge is -2.29. The second-order valence-corrected chi connectivity index (χ2v) is 13.9. The molecule has 240 valence electrons. The molecule has 1 aliphatic rings. The molecule has 3 aromatic heterocycles. The van der Waals surface area contributed by atoms with Gasteiger partial charge in [-0.25, -0.2) is 10.4 Å². The Morgan fingerprint density at radius 3 is 2.76 bits per heavy atom. The van der Waals surface area contributed by atoms with Crippen LogP contribution in [0.4, 0.5) is 0 Å². The number of nitrogens with one attached hydrogen (secondary N) is 1. The van der Waals surface area contributed by atoms with E-state index in [2.05, 4.69) is 60.4 Å². The van der Waals surface area contributed by atoms with Gasteiger partial charge in [-0.1, -0.05) is 26.8 Å². The number of carbonyl (C=O) groups excluding carboxylic acids is 2. The van der Waals surface area contributed by atoms with Crippen LogP contribution in [-0.2, 0) is 33.7 Å². The average Bonchev–Trinajstić information content (AvgIpc) is 3.65. The minimum Gasteiger partial charge on any atom is -0.375 e. The van der Waals surface area contributed by atoms with Gasteiger partial charge in [-0.05, 0) is 74.8 Å². The number of methoxy groups -OCH3 is 1. The topological polar surface area (TPSA) is 89.4 Å². The van der Waals surface area contributed by atoms with Crippen LogP contribution in [0, 0.1) is 11.3 Å². The summed E-state index contributed by atoms with van der Waals surface area (Å²) < 4.78 is 8.14. The van der Waals surface area contributed by atoms with Crippen molar-refractivity contribution < 1.29 is 14.3 Å². The third-order valence-electron chi connectivity index (χ3n) is 9.04. The van der Waals surface area contributed by atoms with Crippen LogP contribution in [0.2, 0.25) is 0 Å². The largest absolute Gasteiger partial charge is 0.375 e. The number of amides is 1. The summed E-state index contributed by atoms with van der Waals surface area (Å²) in [6, 6.07) is 10.8. The Balaban J connectivity index is 1.56. The summed E-state index contributed by atoms with van der Waals surface area (Å²) in [6.45, 7) is 13.1. The maximum atomic E-state index is 13.0. The van der Waals surface area contributed by atoms with Gasteiger partial charge < -0.3 is 14.1 Å². The summed E-state index contributed by atoms with van der Waals surface area (Å²) in [6.07, 6.45) is 7.61. The lowest BCUT2D eigenvalue weighted by molar-refractivity contribution is -0.139. The number of pyridine rings is 1. The molecule has 4 heterocycles. The third kappa shape index (κ3) is 7.21. The Morgan fingerprint density at radius 2 is 2.04 bits per heavy atom. The molecule has 2 atom stereocenters. The second kappa shape index (κ2) is 14.4. The lowest BCUT2D eigenvalue weighted by atomic mass is 9.80. The van der Waals surface area contributed by atoms with Crippen molar-refractivity contribution in [1.82, 2.24) is 25.0 Å². The number of aryl methyl sites for hydroxylation is 1. The molecule has 0 aliphatic carbocycles. The molecule has 1 fully saturated rings. The number of hydrazine groups is 1. The Hall–Kier alpha value is -3.40. The lowest BCUT2D eigenvalue weighted by Crippen LogP contribution is -2.49. The third-order valence-corrected chi connectivity index (χ3v) is 9.91. The number of ether oxygens (including phenoxy) is 1. The minimum atomic E-state index is -0.163. The van der Waals surface area contributed by atoms with Gasteiger partial charge in [0.15, 0.2) is 0 Å². The fraction of sp³-hybridized carbons (Fsp3) is 0.500. The van der Waals surface area contributed by atoms with Crippen LogP contribution in [0.5, 0.6) is 0 Å². The maximum absolute atomic E-state index is 13.0. The van der Waals surface area contributed by atoms with E-state index in [9.17, 15) is 9.59 Å². The van der Waals surface area contributed by atoms with E-state index in [4.69, 9.17) is 14.7 Å². The SMILES string of the molecule is CCn1c(-c2cccnc2C(C)OC)c(CC(C)(C)CCC=O)c2cc(-c3csc(CC(C)C(=O)N4CCCCN4)n3)ccc21. The van der Waals surface area contributed by atoms with Crippen LogP contribution < -0.4 is 5.43 Å². The van der Waals surface area contributed by atoms with Crippen LogP contribution >= 0.6 is 11.3 Å². The predicted octanol–water partition coefficient (Wildman–Crippen LogP) is 7.41. The van der Waals surface area contributed by atoms with Gasteiger partial charge in [-0.3, -0.25) is 14.8 Å². The zero-order valence-corrected chi connectivity index (χ0v) is 28.4. The van der Waals surface area contributed by atoms with Crippen LogP contribution in [0.25, 0.3) is 33.4 Å². The number of nitrogens with zero attached hydrogens (tertiary/aromatic N) is 4. The second-order valence-electron chi connectivity index (χ2n) is 13.0. The molecular weight excluding hydrogens is 582 g/mol. The number of hydrogen-bond donors (Lipinski definition) is 1. The molecule has 1 aliphatic heterocycles. The van der Waals surface area contributed by atoms with Crippen molar-refractivity contribution in [2.24, 2.45) is 11.3 Å². The van der Waals surface area contributed by atoms with Crippen molar-refractivity contribution in [3.8, 4) is 22.5 Å². The molecule has 4 aromatic rings. The van der Waals surface area contributed by atoms with Gasteiger partial charge >= 0.3 is 0 Å². The number of benzene rings is 1. The number of hydrogen-bond acceptors (Lipinski definition) is 7. The summed E-state index contributed by atoms with van der Waals surface area (Å²) >= 11 is 1.62. The number of carbonyl (C=O) groups is 2. The first kappa shape index (κ1) is 33.0. The predicted molar refractivity (Wildman–Crippen MR) is 182 cm³/mol. The Bertz CT molecular complexity index is 1630. The quantitative estimate of drug-likeness (QED) is 0.155. The Kier molecular flexibility index (Phi) is 10.5. The van der Waals surface area contributed by atoms with E-state index in [1.54, 1.807) is 23.5 Å². The van der Waals surface area contributed by atoms with Crippen LogP contribution in [0.15, 0.2) is 41.9 Å². The van der Waals surface area contributed by atoms with Crippen molar-refractivity contribution in [2.45, 2.75) is 85.8 Å². The van der Waals surface area contributed by atoms with E-state index in [1.165, 1.54) is 16.5 Å². The normalized spacial score (nSPS) is 15.4. The molecule has 2 unspecified atom stereocenters. The number of fused-ring (bicyclic) bond motifs is 1. The molecule has 45 heavy (non-hydrogen) atoms. The fourth-order valence-electron chi connectivity index (χ4n) is 6.50. The van der Waals surface area contributed by atoms with Crippen molar-refractivity contribution in [3.63, 3.8) is 0 Å². The average molecular weight is 630 g/mol. The summed E-state index contributed by atoms with van der Waals surface area (Å²) in [4.78, 5) is 34.1. The number of aldehydes is 1. The smallest absolute Gasteiger partial charge is 0.239 e. The zero-order chi connectivity index (χ0) is 32.1. The highest BCUT2D eigenvalue weighted by atomic mass is 32.1. The first-order valence-electron chi connectivity index (χ1n) is 16.2. The highest BCUT2D eigenvalue weighted by Gasteiger charge is 2.28. The maximum Gasteiger partial charge on any atom is 0.239 e. The monoisotopic (exact) mass is 629 g/mol. The number of thiazole rings is 1. The van der Waals surface area contributed by atoms with Gasteiger partial charge in [-0.2, -0.15) is 0 Å². The van der Waals surface area contributed by atoms with Crippen LogP contribution in [0.3, 0.4) is 0 Å². The van der Waals surface area contributed by atoms with Gasteiger partial charge in [0.05, 0.1) is 28.2 Å². The molecule has 1 N–H and O–H groups in total. The molecular formula is C36H47N5O3S. The molecule has 0 radical (unpaired) electrons. The Labute approximate surface area is 271 Å². The van der Waals surface area contributed by atoms with E-state index in [-0.39, 0.29) is 23.3 Å².